The molecule has 0 heterocycles. The molecule has 0 aromatic heterocycles. The zero-order valence-corrected chi connectivity index (χ0v) is 5.79. The highest BCUT2D eigenvalue weighted by molar-refractivity contribution is 5.89. The number of Topliss-reactive ketones (excluding diaryl/α,β-unsaturated/α-hetero) is 1. The van der Waals surface area contributed by atoms with Gasteiger partial charge in [0.15, 0.2) is 0 Å². The van der Waals surface area contributed by atoms with E-state index in [1.165, 1.54) is 6.42 Å². The number of hydrogen-bond acceptors (Lipinski definition) is 1. The molecule has 3 rings (SSSR count). The minimum atomic E-state index is 0.468. The first kappa shape index (κ1) is 5.11. The molecular weight excluding hydrogens is 124 g/mol. The van der Waals surface area contributed by atoms with Crippen LogP contribution in [0.3, 0.4) is 0 Å². The number of hydrogen-bond donors (Lipinski definition) is 0. The highest BCUT2D eigenvalue weighted by atomic mass is 16.1. The lowest BCUT2D eigenvalue weighted by Crippen LogP contribution is -2.39. The van der Waals surface area contributed by atoms with E-state index in [0.717, 1.165) is 18.3 Å². The molecule has 52 valence electrons. The van der Waals surface area contributed by atoms with Crippen LogP contribution in [-0.2, 0) is 4.79 Å². The third-order valence-corrected chi connectivity index (χ3v) is 3.43. The second kappa shape index (κ2) is 1.36. The minimum Gasteiger partial charge on any atom is -0.299 e. The van der Waals surface area contributed by atoms with Gasteiger partial charge in [-0.05, 0) is 24.2 Å². The van der Waals surface area contributed by atoms with E-state index in [-0.39, 0.29) is 0 Å². The minimum absolute atomic E-state index is 0.468. The smallest absolute Gasteiger partial charge is 0.137 e. The van der Waals surface area contributed by atoms with Gasteiger partial charge in [-0.15, -0.1) is 0 Å². The third-order valence-electron chi connectivity index (χ3n) is 3.43. The fraction of sp³-hybridized carbons (Fsp3) is 0.667. The van der Waals surface area contributed by atoms with Crippen molar-refractivity contribution in [2.24, 2.45) is 23.7 Å². The zero-order valence-electron chi connectivity index (χ0n) is 5.79. The summed E-state index contributed by atoms with van der Waals surface area (Å²) in [5.41, 5.74) is 0. The van der Waals surface area contributed by atoms with Gasteiger partial charge in [0.1, 0.15) is 5.78 Å². The first-order valence-corrected chi connectivity index (χ1v) is 4.07. The van der Waals surface area contributed by atoms with E-state index >= 15 is 0 Å². The van der Waals surface area contributed by atoms with Gasteiger partial charge in [0.2, 0.25) is 0 Å². The van der Waals surface area contributed by atoms with Crippen LogP contribution < -0.4 is 0 Å². The maximum atomic E-state index is 11.1. The molecule has 2 saturated carbocycles. The van der Waals surface area contributed by atoms with Gasteiger partial charge in [-0.25, -0.2) is 0 Å². The molecule has 2 fully saturated rings. The number of carbonyl (C=O) groups is 1. The zero-order chi connectivity index (χ0) is 6.72. The van der Waals surface area contributed by atoms with Crippen molar-refractivity contribution in [1.29, 1.82) is 0 Å². The standard InChI is InChI=1S/C9H10O/c10-8-4-7-5-1-2-6(3-5)9(7)8/h1-2,5-7,9H,3-4H2/t5-,6-,7+,9-/m0/s1. The number of allylic oxidation sites excluding steroid dienone is 2. The lowest BCUT2D eigenvalue weighted by Gasteiger charge is -2.35. The van der Waals surface area contributed by atoms with Crippen molar-refractivity contribution < 1.29 is 4.79 Å². The van der Waals surface area contributed by atoms with Gasteiger partial charge in [-0.1, -0.05) is 12.2 Å². The molecular formula is C9H10O. The van der Waals surface area contributed by atoms with Crippen molar-refractivity contribution >= 4 is 5.78 Å². The van der Waals surface area contributed by atoms with Gasteiger partial charge in [0.25, 0.3) is 0 Å². The highest BCUT2D eigenvalue weighted by Crippen LogP contribution is 2.55. The second-order valence-electron chi connectivity index (χ2n) is 3.81. The van der Waals surface area contributed by atoms with Crippen molar-refractivity contribution in [2.75, 3.05) is 0 Å². The predicted molar refractivity (Wildman–Crippen MR) is 37.3 cm³/mol. The van der Waals surface area contributed by atoms with E-state index in [1.807, 2.05) is 0 Å². The Bertz CT molecular complexity index is 229. The maximum Gasteiger partial charge on any atom is 0.137 e. The Balaban J connectivity index is 2.03. The fourth-order valence-electron chi connectivity index (χ4n) is 2.89. The van der Waals surface area contributed by atoms with Gasteiger partial charge in [-0.2, -0.15) is 0 Å². The van der Waals surface area contributed by atoms with E-state index in [4.69, 9.17) is 0 Å². The van der Waals surface area contributed by atoms with Crippen molar-refractivity contribution in [3.8, 4) is 0 Å². The Morgan fingerprint density at radius 1 is 1.30 bits per heavy atom. The first-order valence-electron chi connectivity index (χ1n) is 4.07. The van der Waals surface area contributed by atoms with Crippen LogP contribution in [-0.4, -0.2) is 5.78 Å². The molecule has 0 amide bonds. The number of carbonyl (C=O) groups excluding carboxylic acids is 1. The van der Waals surface area contributed by atoms with E-state index in [1.54, 1.807) is 0 Å². The summed E-state index contributed by atoms with van der Waals surface area (Å²) in [5.74, 6) is 3.20. The van der Waals surface area contributed by atoms with Crippen molar-refractivity contribution in [3.63, 3.8) is 0 Å². The van der Waals surface area contributed by atoms with Crippen LogP contribution >= 0.6 is 0 Å². The Morgan fingerprint density at radius 3 is 2.70 bits per heavy atom. The number of rotatable bonds is 0. The molecule has 0 spiro atoms. The third kappa shape index (κ3) is 0.377. The van der Waals surface area contributed by atoms with Crippen LogP contribution in [0.15, 0.2) is 12.2 Å². The second-order valence-corrected chi connectivity index (χ2v) is 3.81. The lowest BCUT2D eigenvalue weighted by molar-refractivity contribution is -0.134. The Kier molecular flexibility index (Phi) is 0.697. The quantitative estimate of drug-likeness (QED) is 0.458. The monoisotopic (exact) mass is 134 g/mol. The summed E-state index contributed by atoms with van der Waals surface area (Å²) < 4.78 is 0. The maximum absolute atomic E-state index is 11.1. The molecule has 0 N–H and O–H groups in total. The number of fused-ring (bicyclic) bond motifs is 5. The van der Waals surface area contributed by atoms with Crippen molar-refractivity contribution in [1.82, 2.24) is 0 Å². The molecule has 10 heavy (non-hydrogen) atoms. The Hall–Kier alpha value is -0.590. The van der Waals surface area contributed by atoms with Crippen LogP contribution in [0.2, 0.25) is 0 Å². The molecule has 1 heteroatoms. The Morgan fingerprint density at radius 2 is 2.10 bits per heavy atom. The van der Waals surface area contributed by atoms with Gasteiger partial charge in [0, 0.05) is 12.3 Å². The molecule has 3 aliphatic rings. The van der Waals surface area contributed by atoms with E-state index in [0.29, 0.717) is 17.6 Å². The van der Waals surface area contributed by atoms with E-state index in [2.05, 4.69) is 12.2 Å². The molecule has 2 bridgehead atoms. The summed E-state index contributed by atoms with van der Waals surface area (Å²) in [5, 5.41) is 0. The predicted octanol–water partition coefficient (Wildman–Crippen LogP) is 1.40. The van der Waals surface area contributed by atoms with Crippen molar-refractivity contribution in [3.05, 3.63) is 12.2 Å². The van der Waals surface area contributed by atoms with Crippen LogP contribution in [0, 0.1) is 23.7 Å². The summed E-state index contributed by atoms with van der Waals surface area (Å²) in [7, 11) is 0. The SMILES string of the molecule is O=C1C[C@H]2[C@@H]1[C@H]1C=C[C@H]2C1. The topological polar surface area (TPSA) is 17.1 Å². The summed E-state index contributed by atoms with van der Waals surface area (Å²) in [6.45, 7) is 0. The van der Waals surface area contributed by atoms with Gasteiger partial charge in [-0.3, -0.25) is 4.79 Å². The molecule has 1 nitrogen and oxygen atoms in total. The number of ketones is 1. The van der Waals surface area contributed by atoms with E-state index < -0.39 is 0 Å². The van der Waals surface area contributed by atoms with Crippen LogP contribution in [0.25, 0.3) is 0 Å². The fourth-order valence-corrected chi connectivity index (χ4v) is 2.89. The largest absolute Gasteiger partial charge is 0.299 e. The first-order chi connectivity index (χ1) is 4.86. The lowest BCUT2D eigenvalue weighted by atomic mass is 9.67. The highest BCUT2D eigenvalue weighted by Gasteiger charge is 2.54. The van der Waals surface area contributed by atoms with Crippen LogP contribution in [0.5, 0.6) is 0 Å². The van der Waals surface area contributed by atoms with Crippen LogP contribution in [0.4, 0.5) is 0 Å². The van der Waals surface area contributed by atoms with Crippen LogP contribution in [0.1, 0.15) is 12.8 Å². The van der Waals surface area contributed by atoms with Gasteiger partial charge >= 0.3 is 0 Å². The van der Waals surface area contributed by atoms with Gasteiger partial charge in [0.05, 0.1) is 0 Å². The van der Waals surface area contributed by atoms with E-state index in [9.17, 15) is 4.79 Å². The normalized spacial score (nSPS) is 55.0. The van der Waals surface area contributed by atoms with Crippen molar-refractivity contribution in [2.45, 2.75) is 12.8 Å². The summed E-state index contributed by atoms with van der Waals surface area (Å²) >= 11 is 0. The molecule has 0 radical (unpaired) electrons. The molecule has 0 aromatic rings. The molecule has 0 aliphatic heterocycles. The average molecular weight is 134 g/mol. The summed E-state index contributed by atoms with van der Waals surface area (Å²) in [4.78, 5) is 11.1. The summed E-state index contributed by atoms with van der Waals surface area (Å²) in [6, 6.07) is 0. The molecule has 0 aromatic carbocycles. The average Bonchev–Trinajstić information content (AvgIpc) is 2.40. The molecule has 4 atom stereocenters. The Labute approximate surface area is 60.1 Å². The molecule has 0 saturated heterocycles. The molecule has 0 unspecified atom stereocenters. The molecule has 3 aliphatic carbocycles. The summed E-state index contributed by atoms with van der Waals surface area (Å²) in [6.07, 6.45) is 6.73. The van der Waals surface area contributed by atoms with Gasteiger partial charge < -0.3 is 0 Å².